The molecule has 6 rings (SSSR count). The Kier molecular flexibility index (Phi) is 9.28. The van der Waals surface area contributed by atoms with Gasteiger partial charge >= 0.3 is 29.6 Å². The van der Waals surface area contributed by atoms with E-state index in [9.17, 15) is 24.3 Å². The van der Waals surface area contributed by atoms with Gasteiger partial charge in [-0.2, -0.15) is 0 Å². The maximum atomic E-state index is 13.1. The smallest absolute Gasteiger partial charge is 0.543 e. The van der Waals surface area contributed by atoms with Gasteiger partial charge in [0.2, 0.25) is 5.79 Å². The number of nitrogens with one attached hydrogen (secondary N) is 1. The number of ether oxygens (including phenoxy) is 2. The van der Waals surface area contributed by atoms with E-state index < -0.39 is 35.0 Å². The molecule has 2 amide bonds. The molecule has 0 unspecified atom stereocenters. The summed E-state index contributed by atoms with van der Waals surface area (Å²) in [6, 6.07) is 3.94. The van der Waals surface area contributed by atoms with Gasteiger partial charge in [-0.25, -0.2) is 4.98 Å². The second kappa shape index (κ2) is 12.5. The van der Waals surface area contributed by atoms with Gasteiger partial charge < -0.3 is 35.3 Å². The minimum absolute atomic E-state index is 0. The third-order valence-electron chi connectivity index (χ3n) is 6.56. The van der Waals surface area contributed by atoms with Crippen molar-refractivity contribution in [3.63, 3.8) is 0 Å². The number of carbonyl (C=O) groups excluding carboxylic acids is 3. The van der Waals surface area contributed by atoms with Crippen LogP contribution in [-0.2, 0) is 19.2 Å². The largest absolute Gasteiger partial charge is 1.00 e. The number of carboxylic acids is 1. The average molecular weight is 684 g/mol. The second-order valence-corrected chi connectivity index (χ2v) is 14.3. The third kappa shape index (κ3) is 6.05. The molecule has 0 spiro atoms. The Bertz CT molecular complexity index is 1820. The summed E-state index contributed by atoms with van der Waals surface area (Å²) in [4.78, 5) is 61.1. The van der Waals surface area contributed by atoms with Gasteiger partial charge in [-0.05, 0) is 11.6 Å². The van der Waals surface area contributed by atoms with Crippen LogP contribution in [0.2, 0.25) is 0 Å². The van der Waals surface area contributed by atoms with Gasteiger partial charge in [-0.3, -0.25) is 19.3 Å². The molecule has 2 atom stereocenters. The molecule has 0 saturated carbocycles. The van der Waals surface area contributed by atoms with Crippen molar-refractivity contribution in [2.24, 2.45) is 5.16 Å². The number of hydrogen-bond acceptors (Lipinski definition) is 15. The van der Waals surface area contributed by atoms with Crippen LogP contribution < -0.4 is 60.6 Å². The number of anilines is 1. The van der Waals surface area contributed by atoms with E-state index in [1.54, 1.807) is 26.0 Å². The van der Waals surface area contributed by atoms with E-state index in [0.717, 1.165) is 16.2 Å². The summed E-state index contributed by atoms with van der Waals surface area (Å²) >= 11 is 5.08. The fraction of sp³-hybridized carbons (Fsp3) is 0.308. The van der Waals surface area contributed by atoms with Crippen molar-refractivity contribution in [1.82, 2.24) is 15.2 Å². The summed E-state index contributed by atoms with van der Waals surface area (Å²) in [5.41, 5.74) is 5.71. The molecule has 1 fully saturated rings. The first-order valence-corrected chi connectivity index (χ1v) is 16.3. The van der Waals surface area contributed by atoms with Crippen molar-refractivity contribution in [2.75, 3.05) is 24.3 Å². The fourth-order valence-corrected chi connectivity index (χ4v) is 9.03. The quantitative estimate of drug-likeness (QED) is 0.0909. The molecule has 5 heterocycles. The summed E-state index contributed by atoms with van der Waals surface area (Å²) in [5.74, 6) is -2.13. The van der Waals surface area contributed by atoms with E-state index in [4.69, 9.17) is 20.0 Å². The Morgan fingerprint density at radius 2 is 2.00 bits per heavy atom. The van der Waals surface area contributed by atoms with Crippen LogP contribution in [0.25, 0.3) is 10.1 Å². The third-order valence-corrected chi connectivity index (χ3v) is 10.9. The molecule has 3 N–H and O–H groups in total. The molecule has 44 heavy (non-hydrogen) atoms. The SMILES string of the molecule is CO/N=C(\C(=O)N[C@@H]1C(=O)N2C(C(=O)[O-])=C(CSc3cc(=O)c4cc5c(cc4s3)OC(C)(C)O5)CS[C@@H]12)c1csc(N)n1.[Na+]. The van der Waals surface area contributed by atoms with Gasteiger partial charge in [0.25, 0.3) is 11.8 Å². The molecular weight excluding hydrogens is 662 g/mol. The second-order valence-electron chi connectivity index (χ2n) is 9.91. The molecule has 2 aromatic heterocycles. The van der Waals surface area contributed by atoms with E-state index in [-0.39, 0.29) is 68.7 Å². The number of nitrogens with zero attached hydrogens (tertiary/aromatic N) is 3. The minimum atomic E-state index is -1.50. The summed E-state index contributed by atoms with van der Waals surface area (Å²) in [5, 5.41) is 20.1. The zero-order valence-electron chi connectivity index (χ0n) is 23.7. The Hall–Kier alpha value is -2.80. The predicted molar refractivity (Wildman–Crippen MR) is 161 cm³/mol. The minimum Gasteiger partial charge on any atom is -0.543 e. The Balaban J connectivity index is 0.00000384. The first-order valence-electron chi connectivity index (χ1n) is 12.6. The van der Waals surface area contributed by atoms with Crippen molar-refractivity contribution in [3.05, 3.63) is 50.8 Å². The molecule has 1 saturated heterocycles. The molecule has 18 heteroatoms. The van der Waals surface area contributed by atoms with Crippen LogP contribution in [0.15, 0.2) is 49.0 Å². The topological polar surface area (TPSA) is 186 Å². The number of oxime groups is 1. The number of carbonyl (C=O) groups is 3. The number of β-lactam (4-membered cyclic amide) rings is 1. The van der Waals surface area contributed by atoms with Crippen molar-refractivity contribution in [2.45, 2.75) is 35.3 Å². The first-order chi connectivity index (χ1) is 20.5. The number of rotatable bonds is 8. The monoisotopic (exact) mass is 683 g/mol. The molecule has 3 aromatic rings. The molecule has 1 aromatic carbocycles. The van der Waals surface area contributed by atoms with E-state index >= 15 is 0 Å². The average Bonchev–Trinajstić information content (AvgIpc) is 3.51. The molecule has 3 aliphatic heterocycles. The van der Waals surface area contributed by atoms with Crippen molar-refractivity contribution in [3.8, 4) is 11.5 Å². The van der Waals surface area contributed by atoms with Crippen LogP contribution in [0.4, 0.5) is 5.13 Å². The zero-order chi connectivity index (χ0) is 30.6. The number of thiazole rings is 1. The van der Waals surface area contributed by atoms with Crippen molar-refractivity contribution < 1.29 is 63.4 Å². The summed E-state index contributed by atoms with van der Waals surface area (Å²) in [6.07, 6.45) is 0. The Morgan fingerprint density at radius 3 is 2.66 bits per heavy atom. The number of carboxylic acid groups (broad SMARTS) is 1. The molecule has 0 bridgehead atoms. The van der Waals surface area contributed by atoms with Crippen molar-refractivity contribution in [1.29, 1.82) is 0 Å². The fourth-order valence-electron chi connectivity index (χ4n) is 4.76. The number of fused-ring (bicyclic) bond motifs is 3. The van der Waals surface area contributed by atoms with Gasteiger partial charge in [0.1, 0.15) is 24.2 Å². The normalized spacial score (nSPS) is 20.1. The zero-order valence-corrected chi connectivity index (χ0v) is 29.0. The van der Waals surface area contributed by atoms with Crippen LogP contribution in [0.3, 0.4) is 0 Å². The summed E-state index contributed by atoms with van der Waals surface area (Å²) in [6.45, 7) is 3.56. The number of nitrogens with two attached hydrogens (primary N) is 1. The molecular formula is C26H22N5NaO8S4. The van der Waals surface area contributed by atoms with Gasteiger partial charge in [-0.1, -0.05) is 5.16 Å². The number of aromatic nitrogens is 1. The van der Waals surface area contributed by atoms with Gasteiger partial charge in [0.05, 0.1) is 15.9 Å². The van der Waals surface area contributed by atoms with Gasteiger partial charge in [0, 0.05) is 53.0 Å². The van der Waals surface area contributed by atoms with E-state index in [1.807, 2.05) is 0 Å². The standard InChI is InChI=1S/C26H23N5O8S4.Na/c1-26(2)38-14-4-11-13(32)5-17(43-16(11)6-15(14)39-26)40-7-10-8-41-23-19(22(34)31(23)20(10)24(35)36)29-21(33)18(30-37-3)12-9-42-25(27)28-12;/h4-6,9,19,23H,7-8H2,1-3H3,(H2,27,28)(H,29,33)(H,35,36);/q;+1/p-1/b30-18-;/t19-,23+;/m1./s1. The van der Waals surface area contributed by atoms with E-state index in [0.29, 0.717) is 31.4 Å². The van der Waals surface area contributed by atoms with E-state index in [1.165, 1.54) is 53.4 Å². The number of hydrogen-bond donors (Lipinski definition) is 2. The Labute approximate surface area is 288 Å². The molecule has 3 aliphatic rings. The number of amides is 2. The van der Waals surface area contributed by atoms with Gasteiger partial charge in [0.15, 0.2) is 27.8 Å². The molecule has 13 nitrogen and oxygen atoms in total. The number of nitrogen functional groups attached to an aromatic ring is 1. The number of thioether (sulfide) groups is 2. The maximum Gasteiger partial charge on any atom is 1.00 e. The maximum absolute atomic E-state index is 13.1. The van der Waals surface area contributed by atoms with E-state index in [2.05, 4.69) is 15.5 Å². The van der Waals surface area contributed by atoms with Crippen molar-refractivity contribution >= 4 is 84.9 Å². The first kappa shape index (κ1) is 32.6. The van der Waals surface area contributed by atoms with Crippen LogP contribution >= 0.6 is 46.2 Å². The van der Waals surface area contributed by atoms with Gasteiger partial charge in [-0.15, -0.1) is 46.2 Å². The summed E-state index contributed by atoms with van der Waals surface area (Å²) in [7, 11) is 1.26. The molecule has 0 radical (unpaired) electrons. The van der Waals surface area contributed by atoms with Crippen LogP contribution in [0.1, 0.15) is 19.5 Å². The van der Waals surface area contributed by atoms with Crippen LogP contribution in [0.5, 0.6) is 11.5 Å². The molecule has 0 aliphatic carbocycles. The molecule has 224 valence electrons. The number of benzene rings is 1. The summed E-state index contributed by atoms with van der Waals surface area (Å²) < 4.78 is 12.9. The predicted octanol–water partition coefficient (Wildman–Crippen LogP) is -1.64. The Morgan fingerprint density at radius 1 is 1.27 bits per heavy atom. The van der Waals surface area contributed by atoms with Crippen LogP contribution in [-0.4, -0.2) is 69.2 Å². The van der Waals surface area contributed by atoms with Crippen LogP contribution in [0, 0.1) is 0 Å². The number of aliphatic carboxylic acids is 1.